The first-order chi connectivity index (χ1) is 20.5. The van der Waals surface area contributed by atoms with Crippen LogP contribution in [-0.2, 0) is 10.9 Å². The summed E-state index contributed by atoms with van der Waals surface area (Å²) in [6, 6.07) is 4.59. The lowest BCUT2D eigenvalue weighted by Crippen LogP contribution is -2.43. The number of rotatable bonds is 9. The molecule has 3 aromatic heterocycles. The molecule has 3 aromatic rings. The van der Waals surface area contributed by atoms with Crippen LogP contribution >= 0.6 is 0 Å². The summed E-state index contributed by atoms with van der Waals surface area (Å²) in [6.07, 6.45) is -2.04. The van der Waals surface area contributed by atoms with Gasteiger partial charge in [-0.1, -0.05) is 0 Å². The van der Waals surface area contributed by atoms with E-state index >= 15 is 0 Å². The fourth-order valence-electron chi connectivity index (χ4n) is 5.15. The monoisotopic (exact) mass is 622 g/mol. The number of carbonyl (C=O) groups is 1. The van der Waals surface area contributed by atoms with Crippen molar-refractivity contribution < 1.29 is 31.5 Å². The van der Waals surface area contributed by atoms with Crippen LogP contribution in [0.15, 0.2) is 24.5 Å². The Hall–Kier alpha value is -4.06. The van der Waals surface area contributed by atoms with Crippen LogP contribution in [-0.4, -0.2) is 86.6 Å². The van der Waals surface area contributed by atoms with Crippen LogP contribution in [0.4, 0.5) is 32.7 Å². The molecule has 2 N–H and O–H groups in total. The van der Waals surface area contributed by atoms with Crippen molar-refractivity contribution in [3.63, 3.8) is 0 Å². The van der Waals surface area contributed by atoms with Crippen molar-refractivity contribution >= 4 is 23.1 Å². The fraction of sp³-hybridized carbons (Fsp3) is 0.552. The highest BCUT2D eigenvalue weighted by atomic mass is 19.4. The summed E-state index contributed by atoms with van der Waals surface area (Å²) in [6.45, 7) is 4.28. The molecule has 0 unspecified atom stereocenters. The summed E-state index contributed by atoms with van der Waals surface area (Å²) < 4.78 is 76.2. The predicted molar refractivity (Wildman–Crippen MR) is 153 cm³/mol. The van der Waals surface area contributed by atoms with E-state index in [0.29, 0.717) is 24.6 Å². The van der Waals surface area contributed by atoms with E-state index in [-0.39, 0.29) is 47.2 Å². The lowest BCUT2D eigenvalue weighted by atomic mass is 10.1. The number of halogens is 5. The van der Waals surface area contributed by atoms with Gasteiger partial charge >= 0.3 is 12.3 Å². The zero-order valence-corrected chi connectivity index (χ0v) is 25.1. The number of ether oxygens (including phenoxy) is 1. The number of amides is 1. The third-order valence-electron chi connectivity index (χ3n) is 7.37. The van der Waals surface area contributed by atoms with Crippen molar-refractivity contribution in [2.75, 3.05) is 32.5 Å². The van der Waals surface area contributed by atoms with E-state index < -0.39 is 42.3 Å². The van der Waals surface area contributed by atoms with E-state index in [1.807, 2.05) is 11.0 Å². The number of anilines is 1. The van der Waals surface area contributed by atoms with Crippen LogP contribution in [0.2, 0.25) is 0 Å². The maximum absolute atomic E-state index is 14.7. The fourth-order valence-corrected chi connectivity index (χ4v) is 5.15. The standard InChI is InChI=1S/C29H35F5N8O2/c1-27(2,3)44-26(43)42(5)16-28(30,31)10-11-41(4)19-8-6-17(12-19)39-25-37-15-22(29(32,33)34)23(40-25)21-14-36-24-20(21)9-7-18(13-35)38-24/h7,9,14-15,17,19H,6,8,10-12,16H2,1-5H3,(H,36,38)(H,37,39,40)/t17-,19-/m0/s1. The van der Waals surface area contributed by atoms with Crippen molar-refractivity contribution in [1.29, 1.82) is 5.26 Å². The molecule has 2 atom stereocenters. The number of pyridine rings is 1. The van der Waals surface area contributed by atoms with E-state index in [4.69, 9.17) is 10.00 Å². The molecule has 1 saturated carbocycles. The molecular weight excluding hydrogens is 587 g/mol. The van der Waals surface area contributed by atoms with Crippen molar-refractivity contribution in [3.8, 4) is 17.3 Å². The maximum atomic E-state index is 14.7. The van der Waals surface area contributed by atoms with Gasteiger partial charge in [0.2, 0.25) is 5.95 Å². The largest absolute Gasteiger partial charge is 0.444 e. The van der Waals surface area contributed by atoms with Crippen molar-refractivity contribution in [2.24, 2.45) is 0 Å². The topological polar surface area (TPSA) is 123 Å². The zero-order chi connectivity index (χ0) is 32.4. The zero-order valence-electron chi connectivity index (χ0n) is 25.1. The van der Waals surface area contributed by atoms with Crippen LogP contribution in [0.5, 0.6) is 0 Å². The lowest BCUT2D eigenvalue weighted by molar-refractivity contribution is -0.137. The Kier molecular flexibility index (Phi) is 9.34. The molecule has 10 nitrogen and oxygen atoms in total. The second-order valence-corrected chi connectivity index (χ2v) is 12.1. The minimum Gasteiger partial charge on any atom is -0.444 e. The summed E-state index contributed by atoms with van der Waals surface area (Å²) in [5.41, 5.74) is -1.61. The first kappa shape index (κ1) is 32.8. The van der Waals surface area contributed by atoms with E-state index in [1.54, 1.807) is 27.8 Å². The molecule has 0 aliphatic heterocycles. The van der Waals surface area contributed by atoms with Gasteiger partial charge in [-0.3, -0.25) is 0 Å². The number of carbonyl (C=O) groups excluding carboxylic acids is 1. The molecular formula is C29H35F5N8O2. The Morgan fingerprint density at radius 2 is 1.89 bits per heavy atom. The quantitative estimate of drug-likeness (QED) is 0.276. The molecule has 44 heavy (non-hydrogen) atoms. The molecule has 238 valence electrons. The highest BCUT2D eigenvalue weighted by Crippen LogP contribution is 2.39. The normalized spacial score (nSPS) is 17.6. The van der Waals surface area contributed by atoms with E-state index in [2.05, 4.69) is 25.3 Å². The molecule has 0 radical (unpaired) electrons. The first-order valence-corrected chi connectivity index (χ1v) is 14.1. The molecule has 0 spiro atoms. The Morgan fingerprint density at radius 3 is 2.55 bits per heavy atom. The van der Waals surface area contributed by atoms with Crippen molar-refractivity contribution in [1.82, 2.24) is 29.7 Å². The van der Waals surface area contributed by atoms with Crippen LogP contribution in [0.1, 0.15) is 57.7 Å². The summed E-state index contributed by atoms with van der Waals surface area (Å²) in [5, 5.41) is 12.6. The van der Waals surface area contributed by atoms with Gasteiger partial charge in [0.15, 0.2) is 0 Å². The van der Waals surface area contributed by atoms with Crippen LogP contribution < -0.4 is 5.32 Å². The van der Waals surface area contributed by atoms with Gasteiger partial charge in [0.1, 0.15) is 28.6 Å². The average molecular weight is 623 g/mol. The van der Waals surface area contributed by atoms with E-state index in [1.165, 1.54) is 25.4 Å². The molecule has 0 aromatic carbocycles. The third kappa shape index (κ3) is 8.10. The van der Waals surface area contributed by atoms with E-state index in [0.717, 1.165) is 11.1 Å². The highest BCUT2D eigenvalue weighted by Gasteiger charge is 2.38. The van der Waals surface area contributed by atoms with Gasteiger partial charge in [0.05, 0.1) is 12.2 Å². The smallest absolute Gasteiger partial charge is 0.419 e. The van der Waals surface area contributed by atoms with Gasteiger partial charge < -0.3 is 24.8 Å². The minimum absolute atomic E-state index is 0.00831. The molecule has 1 amide bonds. The molecule has 1 aliphatic carbocycles. The predicted octanol–water partition coefficient (Wildman–Crippen LogP) is 6.07. The Morgan fingerprint density at radius 1 is 1.16 bits per heavy atom. The maximum Gasteiger partial charge on any atom is 0.419 e. The summed E-state index contributed by atoms with van der Waals surface area (Å²) in [7, 11) is 3.02. The Balaban J connectivity index is 1.40. The second-order valence-electron chi connectivity index (χ2n) is 12.1. The number of H-pyrrole nitrogens is 1. The number of alkyl halides is 5. The molecule has 3 heterocycles. The van der Waals surface area contributed by atoms with Gasteiger partial charge in [0.25, 0.3) is 5.92 Å². The minimum atomic E-state index is -4.72. The molecule has 1 fully saturated rings. The average Bonchev–Trinajstić information content (AvgIpc) is 3.56. The first-order valence-electron chi connectivity index (χ1n) is 14.1. The third-order valence-corrected chi connectivity index (χ3v) is 7.37. The van der Waals surface area contributed by atoms with Gasteiger partial charge in [-0.15, -0.1) is 0 Å². The number of hydrogen-bond acceptors (Lipinski definition) is 8. The number of nitriles is 1. The number of nitrogens with zero attached hydrogens (tertiary/aromatic N) is 6. The van der Waals surface area contributed by atoms with Crippen LogP contribution in [0.25, 0.3) is 22.3 Å². The molecule has 0 saturated heterocycles. The van der Waals surface area contributed by atoms with E-state index in [9.17, 15) is 26.7 Å². The number of aromatic amines is 1. The van der Waals surface area contributed by atoms with Crippen LogP contribution in [0.3, 0.4) is 0 Å². The van der Waals surface area contributed by atoms with Gasteiger partial charge in [-0.25, -0.2) is 28.5 Å². The molecule has 1 aliphatic rings. The summed E-state index contributed by atoms with van der Waals surface area (Å²) >= 11 is 0. The summed E-state index contributed by atoms with van der Waals surface area (Å²) in [4.78, 5) is 29.8. The molecule has 0 bridgehead atoms. The number of fused-ring (bicyclic) bond motifs is 1. The number of hydrogen-bond donors (Lipinski definition) is 2. The number of aromatic nitrogens is 4. The summed E-state index contributed by atoms with van der Waals surface area (Å²) in [5.74, 6) is -3.12. The van der Waals surface area contributed by atoms with Gasteiger partial charge in [-0.05, 0) is 59.2 Å². The number of nitrogens with one attached hydrogen (secondary N) is 2. The Bertz CT molecular complexity index is 1530. The van der Waals surface area contributed by atoms with Crippen molar-refractivity contribution in [2.45, 2.75) is 76.2 Å². The highest BCUT2D eigenvalue weighted by molar-refractivity contribution is 5.93. The SMILES string of the molecule is CN(CC(F)(F)CCN(C)[C@H]1CC[C@H](Nc2ncc(C(F)(F)F)c(-c3c[nH]c4nc(C#N)ccc34)n2)C1)C(=O)OC(C)(C)C. The Labute approximate surface area is 251 Å². The second kappa shape index (κ2) is 12.5. The molecule has 15 heteroatoms. The van der Waals surface area contributed by atoms with Crippen molar-refractivity contribution in [3.05, 3.63) is 35.8 Å². The lowest BCUT2D eigenvalue weighted by Gasteiger charge is -2.30. The molecule has 4 rings (SSSR count). The van der Waals surface area contributed by atoms with Gasteiger partial charge in [0, 0.05) is 55.4 Å². The van der Waals surface area contributed by atoms with Gasteiger partial charge in [-0.2, -0.15) is 18.4 Å². The van der Waals surface area contributed by atoms with Crippen LogP contribution in [0, 0.1) is 11.3 Å².